The van der Waals surface area contributed by atoms with Crippen LogP contribution < -0.4 is 10.6 Å². The van der Waals surface area contributed by atoms with Crippen LogP contribution in [0, 0.1) is 23.5 Å². The minimum absolute atomic E-state index is 0.0175. The second-order valence-corrected chi connectivity index (χ2v) is 6.33. The molecule has 126 valence electrons. The molecule has 2 N–H and O–H groups in total. The highest BCUT2D eigenvalue weighted by Crippen LogP contribution is 2.30. The van der Waals surface area contributed by atoms with E-state index in [1.54, 1.807) is 0 Å². The maximum atomic E-state index is 13.6. The number of benzene rings is 1. The van der Waals surface area contributed by atoms with Gasteiger partial charge in [-0.2, -0.15) is 0 Å². The molecule has 2 rings (SSSR count). The molecule has 1 aliphatic rings. The smallest absolute Gasteiger partial charge is 0.227 e. The fourth-order valence-corrected chi connectivity index (χ4v) is 2.85. The van der Waals surface area contributed by atoms with Gasteiger partial charge in [0.2, 0.25) is 11.8 Å². The summed E-state index contributed by atoms with van der Waals surface area (Å²) >= 11 is 0. The van der Waals surface area contributed by atoms with E-state index in [4.69, 9.17) is 0 Å². The number of hydrogen-bond acceptors (Lipinski definition) is 2. The van der Waals surface area contributed by atoms with Gasteiger partial charge >= 0.3 is 0 Å². The van der Waals surface area contributed by atoms with Gasteiger partial charge in [0.1, 0.15) is 11.6 Å². The normalized spacial score (nSPS) is 21.1. The second-order valence-electron chi connectivity index (χ2n) is 6.33. The van der Waals surface area contributed by atoms with Crippen molar-refractivity contribution in [3.05, 3.63) is 29.8 Å². The maximum Gasteiger partial charge on any atom is 0.227 e. The lowest BCUT2D eigenvalue weighted by Crippen LogP contribution is -2.38. The lowest BCUT2D eigenvalue weighted by molar-refractivity contribution is -0.128. The Bertz CT molecular complexity index is 582. The zero-order valence-corrected chi connectivity index (χ0v) is 13.4. The molecule has 0 aliphatic heterocycles. The van der Waals surface area contributed by atoms with Crippen LogP contribution >= 0.6 is 0 Å². The number of amides is 2. The van der Waals surface area contributed by atoms with Gasteiger partial charge in [-0.3, -0.25) is 9.59 Å². The molecule has 0 spiro atoms. The highest BCUT2D eigenvalue weighted by Gasteiger charge is 2.30. The molecule has 0 aromatic heterocycles. The SMILES string of the molecule is CC(C)NC(=O)C1CCC(C(=O)Nc2ccc(F)cc2F)CC1. The summed E-state index contributed by atoms with van der Waals surface area (Å²) < 4.78 is 26.4. The van der Waals surface area contributed by atoms with Crippen molar-refractivity contribution in [2.45, 2.75) is 45.6 Å². The first-order chi connectivity index (χ1) is 10.9. The third-order valence-electron chi connectivity index (χ3n) is 4.09. The van der Waals surface area contributed by atoms with Crippen molar-refractivity contribution in [2.75, 3.05) is 5.32 Å². The summed E-state index contributed by atoms with van der Waals surface area (Å²) in [5, 5.41) is 5.39. The summed E-state index contributed by atoms with van der Waals surface area (Å²) in [6.07, 6.45) is 2.46. The molecule has 1 saturated carbocycles. The predicted molar refractivity (Wildman–Crippen MR) is 83.7 cm³/mol. The van der Waals surface area contributed by atoms with Crippen LogP contribution in [0.2, 0.25) is 0 Å². The van der Waals surface area contributed by atoms with Crippen molar-refractivity contribution in [3.63, 3.8) is 0 Å². The Morgan fingerprint density at radius 3 is 2.13 bits per heavy atom. The third-order valence-corrected chi connectivity index (χ3v) is 4.09. The van der Waals surface area contributed by atoms with Gasteiger partial charge in [0.05, 0.1) is 5.69 Å². The van der Waals surface area contributed by atoms with Crippen molar-refractivity contribution in [3.8, 4) is 0 Å². The number of carbonyl (C=O) groups is 2. The molecular weight excluding hydrogens is 302 g/mol. The topological polar surface area (TPSA) is 58.2 Å². The van der Waals surface area contributed by atoms with Crippen LogP contribution in [-0.4, -0.2) is 17.9 Å². The minimum atomic E-state index is -0.789. The average molecular weight is 324 g/mol. The van der Waals surface area contributed by atoms with Crippen LogP contribution in [0.5, 0.6) is 0 Å². The zero-order chi connectivity index (χ0) is 17.0. The van der Waals surface area contributed by atoms with Crippen molar-refractivity contribution < 1.29 is 18.4 Å². The Hall–Kier alpha value is -1.98. The van der Waals surface area contributed by atoms with E-state index in [9.17, 15) is 18.4 Å². The fraction of sp³-hybridized carbons (Fsp3) is 0.529. The molecule has 0 atom stereocenters. The quantitative estimate of drug-likeness (QED) is 0.893. The Morgan fingerprint density at radius 2 is 1.61 bits per heavy atom. The number of anilines is 1. The molecule has 4 nitrogen and oxygen atoms in total. The van der Waals surface area contributed by atoms with E-state index in [-0.39, 0.29) is 35.4 Å². The van der Waals surface area contributed by atoms with Crippen LogP contribution in [-0.2, 0) is 9.59 Å². The molecule has 1 aromatic carbocycles. The Labute approximate surface area is 134 Å². The number of carbonyl (C=O) groups excluding carboxylic acids is 2. The van der Waals surface area contributed by atoms with E-state index >= 15 is 0 Å². The molecule has 1 aromatic rings. The van der Waals surface area contributed by atoms with E-state index in [1.165, 1.54) is 6.07 Å². The lowest BCUT2D eigenvalue weighted by atomic mass is 9.81. The molecule has 0 radical (unpaired) electrons. The van der Waals surface area contributed by atoms with Crippen molar-refractivity contribution >= 4 is 17.5 Å². The molecular formula is C17H22F2N2O2. The van der Waals surface area contributed by atoms with Gasteiger partial charge in [-0.05, 0) is 51.7 Å². The van der Waals surface area contributed by atoms with Crippen LogP contribution in [0.4, 0.5) is 14.5 Å². The number of halogens is 2. The monoisotopic (exact) mass is 324 g/mol. The summed E-state index contributed by atoms with van der Waals surface area (Å²) in [6.45, 7) is 3.82. The average Bonchev–Trinajstić information content (AvgIpc) is 2.49. The van der Waals surface area contributed by atoms with Gasteiger partial charge in [-0.15, -0.1) is 0 Å². The Morgan fingerprint density at radius 1 is 1.04 bits per heavy atom. The highest BCUT2D eigenvalue weighted by molar-refractivity contribution is 5.92. The van der Waals surface area contributed by atoms with E-state index in [0.29, 0.717) is 25.7 Å². The zero-order valence-electron chi connectivity index (χ0n) is 13.4. The largest absolute Gasteiger partial charge is 0.354 e. The maximum absolute atomic E-state index is 13.6. The van der Waals surface area contributed by atoms with Gasteiger partial charge in [-0.25, -0.2) is 8.78 Å². The van der Waals surface area contributed by atoms with Gasteiger partial charge in [0.25, 0.3) is 0 Å². The second kappa shape index (κ2) is 7.53. The molecule has 0 heterocycles. The molecule has 2 amide bonds. The molecule has 0 unspecified atom stereocenters. The molecule has 1 fully saturated rings. The molecule has 1 aliphatic carbocycles. The summed E-state index contributed by atoms with van der Waals surface area (Å²) in [6, 6.07) is 3.16. The Kier molecular flexibility index (Phi) is 5.69. The standard InChI is InChI=1S/C17H22F2N2O2/c1-10(2)20-16(22)11-3-5-12(6-4-11)17(23)21-15-8-7-13(18)9-14(15)19/h7-12H,3-6H2,1-2H3,(H,20,22)(H,21,23). The molecule has 0 saturated heterocycles. The first kappa shape index (κ1) is 17.4. The molecule has 6 heteroatoms. The first-order valence-corrected chi connectivity index (χ1v) is 7.93. The van der Waals surface area contributed by atoms with Crippen LogP contribution in [0.3, 0.4) is 0 Å². The van der Waals surface area contributed by atoms with E-state index in [0.717, 1.165) is 12.1 Å². The first-order valence-electron chi connectivity index (χ1n) is 7.93. The van der Waals surface area contributed by atoms with Crippen molar-refractivity contribution in [1.82, 2.24) is 5.32 Å². The number of nitrogens with one attached hydrogen (secondary N) is 2. The number of rotatable bonds is 4. The molecule has 23 heavy (non-hydrogen) atoms. The predicted octanol–water partition coefficient (Wildman–Crippen LogP) is 3.23. The summed E-state index contributed by atoms with van der Waals surface area (Å²) in [7, 11) is 0. The van der Waals surface area contributed by atoms with Gasteiger partial charge in [-0.1, -0.05) is 0 Å². The summed E-state index contributed by atoms with van der Waals surface area (Å²) in [5.74, 6) is -2.03. The minimum Gasteiger partial charge on any atom is -0.354 e. The fourth-order valence-electron chi connectivity index (χ4n) is 2.85. The van der Waals surface area contributed by atoms with Crippen LogP contribution in [0.25, 0.3) is 0 Å². The van der Waals surface area contributed by atoms with E-state index in [2.05, 4.69) is 10.6 Å². The van der Waals surface area contributed by atoms with Crippen molar-refractivity contribution in [1.29, 1.82) is 0 Å². The highest BCUT2D eigenvalue weighted by atomic mass is 19.1. The van der Waals surface area contributed by atoms with Gasteiger partial charge in [0.15, 0.2) is 0 Å². The summed E-state index contributed by atoms with van der Waals surface area (Å²) in [4.78, 5) is 24.1. The van der Waals surface area contributed by atoms with Gasteiger partial charge < -0.3 is 10.6 Å². The number of hydrogen-bond donors (Lipinski definition) is 2. The summed E-state index contributed by atoms with van der Waals surface area (Å²) in [5.41, 5.74) is -0.0175. The van der Waals surface area contributed by atoms with Crippen molar-refractivity contribution in [2.24, 2.45) is 11.8 Å². The van der Waals surface area contributed by atoms with Crippen LogP contribution in [0.1, 0.15) is 39.5 Å². The lowest BCUT2D eigenvalue weighted by Gasteiger charge is -2.27. The Balaban J connectivity index is 1.87. The van der Waals surface area contributed by atoms with E-state index < -0.39 is 11.6 Å². The van der Waals surface area contributed by atoms with E-state index in [1.807, 2.05) is 13.8 Å². The van der Waals surface area contributed by atoms with Crippen LogP contribution in [0.15, 0.2) is 18.2 Å². The molecule has 0 bridgehead atoms. The van der Waals surface area contributed by atoms with Gasteiger partial charge in [0, 0.05) is 23.9 Å². The third kappa shape index (κ3) is 4.74.